The Balaban J connectivity index is 1.78. The summed E-state index contributed by atoms with van der Waals surface area (Å²) in [6.45, 7) is 4.49. The number of hydrogen-bond acceptors (Lipinski definition) is 2. The van der Waals surface area contributed by atoms with Gasteiger partial charge >= 0.3 is 0 Å². The van der Waals surface area contributed by atoms with Crippen molar-refractivity contribution >= 4 is 28.9 Å². The van der Waals surface area contributed by atoms with E-state index in [-0.39, 0.29) is 0 Å². The van der Waals surface area contributed by atoms with Gasteiger partial charge in [0, 0.05) is 30.1 Å². The number of nitrogens with zero attached hydrogens (tertiary/aromatic N) is 1. The van der Waals surface area contributed by atoms with Crippen molar-refractivity contribution < 1.29 is 0 Å². The van der Waals surface area contributed by atoms with E-state index < -0.39 is 0 Å². The van der Waals surface area contributed by atoms with Crippen molar-refractivity contribution in [3.05, 3.63) is 28.2 Å². The third-order valence-electron chi connectivity index (χ3n) is 3.63. The van der Waals surface area contributed by atoms with Crippen LogP contribution in [0.2, 0.25) is 10.0 Å². The number of benzene rings is 1. The minimum atomic E-state index is 0.492. The smallest absolute Gasteiger partial charge is 0.0640 e. The number of anilines is 1. The molecule has 1 aromatic carbocycles. The summed E-state index contributed by atoms with van der Waals surface area (Å²) >= 11 is 12.2. The SMILES string of the molecule is Clc1ccc(Cl)c(N2CC3(CCNC3)C2)c1. The summed E-state index contributed by atoms with van der Waals surface area (Å²) in [6, 6.07) is 5.66. The first-order valence-electron chi connectivity index (χ1n) is 5.59. The summed E-state index contributed by atoms with van der Waals surface area (Å²) in [5.41, 5.74) is 1.57. The van der Waals surface area contributed by atoms with Crippen LogP contribution >= 0.6 is 23.2 Å². The van der Waals surface area contributed by atoms with E-state index in [4.69, 9.17) is 23.2 Å². The number of halogens is 2. The molecule has 0 atom stereocenters. The van der Waals surface area contributed by atoms with Gasteiger partial charge in [-0.2, -0.15) is 0 Å². The van der Waals surface area contributed by atoms with E-state index in [1.807, 2.05) is 18.2 Å². The summed E-state index contributed by atoms with van der Waals surface area (Å²) in [7, 11) is 0. The molecule has 0 radical (unpaired) electrons. The minimum Gasteiger partial charge on any atom is -0.369 e. The average molecular weight is 257 g/mol. The van der Waals surface area contributed by atoms with Crippen LogP contribution < -0.4 is 10.2 Å². The molecule has 0 unspecified atom stereocenters. The second-order valence-electron chi connectivity index (χ2n) is 4.88. The van der Waals surface area contributed by atoms with Crippen molar-refractivity contribution in [3.8, 4) is 0 Å². The number of rotatable bonds is 1. The summed E-state index contributed by atoms with van der Waals surface area (Å²) in [4.78, 5) is 2.32. The van der Waals surface area contributed by atoms with Crippen molar-refractivity contribution in [2.45, 2.75) is 6.42 Å². The molecular formula is C12H14Cl2N2. The average Bonchev–Trinajstić information content (AvgIpc) is 2.68. The molecule has 0 aliphatic carbocycles. The minimum absolute atomic E-state index is 0.492. The highest BCUT2D eigenvalue weighted by molar-refractivity contribution is 6.35. The number of nitrogens with one attached hydrogen (secondary N) is 1. The zero-order chi connectivity index (χ0) is 11.2. The molecular weight excluding hydrogens is 243 g/mol. The highest BCUT2D eigenvalue weighted by Gasteiger charge is 2.45. The van der Waals surface area contributed by atoms with Crippen molar-refractivity contribution in [3.63, 3.8) is 0 Å². The van der Waals surface area contributed by atoms with Gasteiger partial charge < -0.3 is 10.2 Å². The second kappa shape index (κ2) is 3.80. The van der Waals surface area contributed by atoms with Gasteiger partial charge in [-0.3, -0.25) is 0 Å². The van der Waals surface area contributed by atoms with Gasteiger partial charge in [-0.1, -0.05) is 23.2 Å². The molecule has 86 valence electrons. The molecule has 2 aliphatic heterocycles. The van der Waals surface area contributed by atoms with Crippen LogP contribution in [0.15, 0.2) is 18.2 Å². The molecule has 2 aliphatic rings. The fraction of sp³-hybridized carbons (Fsp3) is 0.500. The van der Waals surface area contributed by atoms with E-state index in [9.17, 15) is 0 Å². The van der Waals surface area contributed by atoms with Gasteiger partial charge in [0.2, 0.25) is 0 Å². The fourth-order valence-electron chi connectivity index (χ4n) is 2.73. The lowest BCUT2D eigenvalue weighted by Gasteiger charge is -2.49. The molecule has 2 nitrogen and oxygen atoms in total. The molecule has 1 spiro atoms. The Morgan fingerprint density at radius 2 is 2.06 bits per heavy atom. The molecule has 2 saturated heterocycles. The second-order valence-corrected chi connectivity index (χ2v) is 5.72. The zero-order valence-electron chi connectivity index (χ0n) is 8.97. The molecule has 4 heteroatoms. The van der Waals surface area contributed by atoms with Crippen molar-refractivity contribution in [2.75, 3.05) is 31.1 Å². The summed E-state index contributed by atoms with van der Waals surface area (Å²) in [5, 5.41) is 4.98. The van der Waals surface area contributed by atoms with Crippen LogP contribution in [-0.2, 0) is 0 Å². The lowest BCUT2D eigenvalue weighted by molar-refractivity contribution is 0.243. The van der Waals surface area contributed by atoms with Crippen LogP contribution in [-0.4, -0.2) is 26.2 Å². The van der Waals surface area contributed by atoms with E-state index in [0.29, 0.717) is 5.41 Å². The summed E-state index contributed by atoms with van der Waals surface area (Å²) in [5.74, 6) is 0. The predicted molar refractivity (Wildman–Crippen MR) is 68.6 cm³/mol. The van der Waals surface area contributed by atoms with E-state index in [0.717, 1.165) is 41.9 Å². The van der Waals surface area contributed by atoms with Crippen LogP contribution in [0.4, 0.5) is 5.69 Å². The summed E-state index contributed by atoms with van der Waals surface area (Å²) < 4.78 is 0. The highest BCUT2D eigenvalue weighted by atomic mass is 35.5. The van der Waals surface area contributed by atoms with Crippen LogP contribution in [0, 0.1) is 5.41 Å². The van der Waals surface area contributed by atoms with Crippen molar-refractivity contribution in [2.24, 2.45) is 5.41 Å². The Hall–Kier alpha value is -0.440. The van der Waals surface area contributed by atoms with Gasteiger partial charge in [-0.25, -0.2) is 0 Å². The molecule has 1 aromatic rings. The normalized spacial score (nSPS) is 22.5. The standard InChI is InChI=1S/C12H14Cl2N2/c13-9-1-2-10(14)11(5-9)16-7-12(8-16)3-4-15-6-12/h1-2,5,15H,3-4,6-8H2. The fourth-order valence-corrected chi connectivity index (χ4v) is 3.13. The van der Waals surface area contributed by atoms with E-state index >= 15 is 0 Å². The molecule has 0 amide bonds. The van der Waals surface area contributed by atoms with Crippen molar-refractivity contribution in [1.82, 2.24) is 5.32 Å². The van der Waals surface area contributed by atoms with Crippen molar-refractivity contribution in [1.29, 1.82) is 0 Å². The Morgan fingerprint density at radius 1 is 1.25 bits per heavy atom. The van der Waals surface area contributed by atoms with Gasteiger partial charge in [0.25, 0.3) is 0 Å². The Morgan fingerprint density at radius 3 is 2.75 bits per heavy atom. The van der Waals surface area contributed by atoms with Crippen LogP contribution in [0.3, 0.4) is 0 Å². The molecule has 0 bridgehead atoms. The van der Waals surface area contributed by atoms with Gasteiger partial charge in [0.15, 0.2) is 0 Å². The van der Waals surface area contributed by atoms with E-state index in [1.165, 1.54) is 6.42 Å². The molecule has 1 N–H and O–H groups in total. The van der Waals surface area contributed by atoms with Gasteiger partial charge in [-0.15, -0.1) is 0 Å². The molecule has 3 rings (SSSR count). The van der Waals surface area contributed by atoms with E-state index in [2.05, 4.69) is 10.2 Å². The van der Waals surface area contributed by atoms with Gasteiger partial charge in [0.1, 0.15) is 0 Å². The summed E-state index contributed by atoms with van der Waals surface area (Å²) in [6.07, 6.45) is 1.28. The quantitative estimate of drug-likeness (QED) is 0.832. The lowest BCUT2D eigenvalue weighted by atomic mass is 9.79. The molecule has 0 saturated carbocycles. The maximum absolute atomic E-state index is 6.18. The molecule has 2 fully saturated rings. The monoisotopic (exact) mass is 256 g/mol. The Labute approximate surface area is 106 Å². The first-order valence-corrected chi connectivity index (χ1v) is 6.35. The van der Waals surface area contributed by atoms with Gasteiger partial charge in [-0.05, 0) is 31.2 Å². The molecule has 16 heavy (non-hydrogen) atoms. The first-order chi connectivity index (χ1) is 7.69. The van der Waals surface area contributed by atoms with E-state index in [1.54, 1.807) is 0 Å². The lowest BCUT2D eigenvalue weighted by Crippen LogP contribution is -2.57. The topological polar surface area (TPSA) is 15.3 Å². The Bertz CT molecular complexity index is 405. The van der Waals surface area contributed by atoms with Gasteiger partial charge in [0.05, 0.1) is 10.7 Å². The third kappa shape index (κ3) is 1.69. The maximum Gasteiger partial charge on any atom is 0.0640 e. The molecule has 2 heterocycles. The third-order valence-corrected chi connectivity index (χ3v) is 4.19. The van der Waals surface area contributed by atoms with Crippen LogP contribution in [0.1, 0.15) is 6.42 Å². The zero-order valence-corrected chi connectivity index (χ0v) is 10.5. The molecule has 0 aromatic heterocycles. The first kappa shape index (κ1) is 10.7. The van der Waals surface area contributed by atoms with Crippen LogP contribution in [0.25, 0.3) is 0 Å². The largest absolute Gasteiger partial charge is 0.369 e. The number of hydrogen-bond donors (Lipinski definition) is 1. The Kier molecular flexibility index (Phi) is 2.54. The predicted octanol–water partition coefficient (Wildman–Crippen LogP) is 2.79. The highest BCUT2D eigenvalue weighted by Crippen LogP contribution is 2.41. The van der Waals surface area contributed by atoms with Crippen LogP contribution in [0.5, 0.6) is 0 Å². The maximum atomic E-state index is 6.18.